The van der Waals surface area contributed by atoms with E-state index in [1.807, 2.05) is 58.7 Å². The summed E-state index contributed by atoms with van der Waals surface area (Å²) in [5.74, 6) is 2.35. The van der Waals surface area contributed by atoms with Gasteiger partial charge in [0.1, 0.15) is 35.6 Å². The fourth-order valence-electron chi connectivity index (χ4n) is 8.60. The number of nitrogens with one attached hydrogen (secondary N) is 3. The molecule has 0 aliphatic carbocycles. The Morgan fingerprint density at radius 3 is 2.54 bits per heavy atom. The van der Waals surface area contributed by atoms with Crippen molar-refractivity contribution in [2.45, 2.75) is 104 Å². The van der Waals surface area contributed by atoms with E-state index in [0.717, 1.165) is 86.4 Å². The largest absolute Gasteiger partial charge is 0.488 e. The number of aromatic amines is 2. The van der Waals surface area contributed by atoms with E-state index < -0.39 is 17.7 Å². The van der Waals surface area contributed by atoms with E-state index >= 15 is 0 Å². The predicted molar refractivity (Wildman–Crippen MR) is 213 cm³/mol. The summed E-state index contributed by atoms with van der Waals surface area (Å²) >= 11 is 0. The van der Waals surface area contributed by atoms with E-state index in [1.165, 1.54) is 7.11 Å². The number of benzene rings is 3. The van der Waals surface area contributed by atoms with Crippen LogP contribution in [-0.4, -0.2) is 79.2 Å². The molecule has 13 heteroatoms. The number of rotatable bonds is 6. The lowest BCUT2D eigenvalue weighted by atomic mass is 9.92. The van der Waals surface area contributed by atoms with Crippen LogP contribution in [0.2, 0.25) is 0 Å². The van der Waals surface area contributed by atoms with Crippen LogP contribution < -0.4 is 10.1 Å². The average Bonchev–Trinajstić information content (AvgIpc) is 3.97. The second kappa shape index (κ2) is 14.2. The Morgan fingerprint density at radius 1 is 0.982 bits per heavy atom. The lowest BCUT2D eigenvalue weighted by Crippen LogP contribution is -2.52. The Bertz CT molecular complexity index is 2340. The number of ether oxygens (including phenoxy) is 3. The fraction of sp³-hybridized carbons (Fsp3) is 0.465. The maximum absolute atomic E-state index is 13.8. The maximum Gasteiger partial charge on any atom is 0.410 e. The number of hydrogen-bond acceptors (Lipinski definition) is 8. The molecule has 5 atom stereocenters. The van der Waals surface area contributed by atoms with Crippen molar-refractivity contribution in [1.82, 2.24) is 35.1 Å². The SMILES string of the molecule is COC(=O)N[C@H](C(=O)N1[C@@H](C)CC[C@H]1c1ncc(-c2ccc3c(c2)COc2cc4c(ccc5nc([C@@H]6C[C@H](C)CN6C(=O)OC(C)(C)C)[nH]c54)cc2-3)[nH]1)C(C)C. The van der Waals surface area contributed by atoms with Crippen molar-refractivity contribution in [1.29, 1.82) is 0 Å². The number of carbonyl (C=O) groups is 3. The second-order valence-corrected chi connectivity index (χ2v) is 17.0. The molecule has 0 bridgehead atoms. The van der Waals surface area contributed by atoms with Crippen molar-refractivity contribution < 1.29 is 28.6 Å². The standard InChI is InChI=1S/C43H51N7O6/c1-22(2)36(48-41(52)54-8)40(51)50-24(4)9-14-33(50)38-44-19-32(46-38)26-10-12-28-27(16-26)21-55-35-18-29-25(17-30(28)35)11-13-31-37(29)47-39(45-31)34-15-23(3)20-49(34)42(53)56-43(5,6)7/h10-13,16-19,22-24,33-34,36H,9,14-15,20-21H2,1-8H3,(H,44,46)(H,45,47)(H,48,52)/t23-,24-,33-,34-,36-/m0/s1. The Hall–Kier alpha value is -5.59. The Labute approximate surface area is 326 Å². The van der Waals surface area contributed by atoms with Gasteiger partial charge in [0.2, 0.25) is 5.91 Å². The van der Waals surface area contributed by atoms with E-state index in [1.54, 1.807) is 4.90 Å². The number of alkyl carbamates (subject to hydrolysis) is 1. The van der Waals surface area contributed by atoms with Gasteiger partial charge in [0.05, 0.1) is 42.1 Å². The van der Waals surface area contributed by atoms with Crippen LogP contribution in [0, 0.1) is 11.8 Å². The van der Waals surface area contributed by atoms with Gasteiger partial charge < -0.3 is 34.4 Å². The molecule has 2 aromatic heterocycles. The molecule has 294 valence electrons. The van der Waals surface area contributed by atoms with Crippen LogP contribution in [0.5, 0.6) is 5.75 Å². The van der Waals surface area contributed by atoms with Crippen LogP contribution in [0.25, 0.3) is 44.2 Å². The Morgan fingerprint density at radius 2 is 1.79 bits per heavy atom. The zero-order chi connectivity index (χ0) is 39.6. The minimum atomic E-state index is -0.707. The Kier molecular flexibility index (Phi) is 9.45. The minimum absolute atomic E-state index is 0.00385. The minimum Gasteiger partial charge on any atom is -0.488 e. The van der Waals surface area contributed by atoms with Crippen LogP contribution in [0.15, 0.2) is 48.7 Å². The molecule has 5 heterocycles. The first-order valence-corrected chi connectivity index (χ1v) is 19.6. The normalized spacial score (nSPS) is 21.2. The molecule has 0 radical (unpaired) electrons. The molecule has 0 spiro atoms. The summed E-state index contributed by atoms with van der Waals surface area (Å²) in [5, 5.41) is 4.79. The summed E-state index contributed by atoms with van der Waals surface area (Å²) in [6, 6.07) is 13.6. The average molecular weight is 762 g/mol. The van der Waals surface area contributed by atoms with Crippen molar-refractivity contribution >= 4 is 39.9 Å². The highest BCUT2D eigenvalue weighted by Gasteiger charge is 2.42. The van der Waals surface area contributed by atoms with Crippen molar-refractivity contribution in [3.8, 4) is 28.1 Å². The van der Waals surface area contributed by atoms with E-state index in [2.05, 4.69) is 58.6 Å². The van der Waals surface area contributed by atoms with Crippen molar-refractivity contribution in [2.75, 3.05) is 13.7 Å². The van der Waals surface area contributed by atoms with Crippen LogP contribution in [0.3, 0.4) is 0 Å². The summed E-state index contributed by atoms with van der Waals surface area (Å²) in [5.41, 5.74) is 6.19. The van der Waals surface area contributed by atoms with Gasteiger partial charge in [-0.05, 0) is 105 Å². The van der Waals surface area contributed by atoms with Crippen LogP contribution in [0.4, 0.5) is 9.59 Å². The van der Waals surface area contributed by atoms with Crippen LogP contribution in [0.1, 0.15) is 97.0 Å². The van der Waals surface area contributed by atoms with Gasteiger partial charge in [-0.15, -0.1) is 0 Å². The van der Waals surface area contributed by atoms with Gasteiger partial charge in [0, 0.05) is 23.5 Å². The van der Waals surface area contributed by atoms with Crippen molar-refractivity contribution in [2.24, 2.45) is 11.8 Å². The highest BCUT2D eigenvalue weighted by molar-refractivity contribution is 6.07. The van der Waals surface area contributed by atoms with Crippen molar-refractivity contribution in [3.63, 3.8) is 0 Å². The predicted octanol–water partition coefficient (Wildman–Crippen LogP) is 8.42. The number of fused-ring (bicyclic) bond motifs is 6. The smallest absolute Gasteiger partial charge is 0.410 e. The summed E-state index contributed by atoms with van der Waals surface area (Å²) in [4.78, 5) is 59.6. The monoisotopic (exact) mass is 761 g/mol. The summed E-state index contributed by atoms with van der Waals surface area (Å²) < 4.78 is 17.0. The van der Waals surface area contributed by atoms with Crippen LogP contribution in [-0.2, 0) is 20.9 Å². The number of likely N-dealkylation sites (tertiary alicyclic amines) is 2. The number of imidazole rings is 2. The molecular weight excluding hydrogens is 711 g/mol. The highest BCUT2D eigenvalue weighted by atomic mass is 16.6. The molecule has 3 aromatic carbocycles. The first-order chi connectivity index (χ1) is 26.7. The number of methoxy groups -OCH3 is 1. The molecule has 0 unspecified atom stereocenters. The molecule has 2 saturated heterocycles. The van der Waals surface area contributed by atoms with Gasteiger partial charge >= 0.3 is 12.2 Å². The number of hydrogen-bond donors (Lipinski definition) is 3. The molecule has 2 fully saturated rings. The van der Waals surface area contributed by atoms with Gasteiger partial charge in [0.25, 0.3) is 0 Å². The molecule has 3 aliphatic heterocycles. The summed E-state index contributed by atoms with van der Waals surface area (Å²) in [6.07, 6.45) is 3.29. The number of aromatic nitrogens is 4. The van der Waals surface area contributed by atoms with E-state index in [4.69, 9.17) is 24.2 Å². The van der Waals surface area contributed by atoms with Crippen molar-refractivity contribution in [3.05, 3.63) is 65.9 Å². The molecular formula is C43H51N7O6. The zero-order valence-corrected chi connectivity index (χ0v) is 33.4. The fourth-order valence-corrected chi connectivity index (χ4v) is 8.60. The van der Waals surface area contributed by atoms with E-state index in [9.17, 15) is 14.4 Å². The van der Waals surface area contributed by atoms with Gasteiger partial charge in [-0.2, -0.15) is 0 Å². The number of carbonyl (C=O) groups excluding carboxylic acids is 3. The number of H-pyrrole nitrogens is 2. The topological polar surface area (TPSA) is 155 Å². The lowest BCUT2D eigenvalue weighted by molar-refractivity contribution is -0.137. The molecule has 56 heavy (non-hydrogen) atoms. The molecule has 13 nitrogen and oxygen atoms in total. The lowest BCUT2D eigenvalue weighted by Gasteiger charge is -2.32. The molecule has 8 rings (SSSR count). The Balaban J connectivity index is 1.05. The molecule has 3 aliphatic rings. The van der Waals surface area contributed by atoms with Gasteiger partial charge in [-0.1, -0.05) is 39.0 Å². The van der Waals surface area contributed by atoms with Gasteiger partial charge in [-0.3, -0.25) is 9.69 Å². The third-order valence-corrected chi connectivity index (χ3v) is 11.4. The van der Waals surface area contributed by atoms with E-state index in [0.29, 0.717) is 19.1 Å². The number of nitrogens with zero attached hydrogens (tertiary/aromatic N) is 4. The molecule has 0 saturated carbocycles. The third kappa shape index (κ3) is 6.81. The first-order valence-electron chi connectivity index (χ1n) is 19.6. The van der Waals surface area contributed by atoms with E-state index in [-0.39, 0.29) is 36.0 Å². The molecule has 3 amide bonds. The van der Waals surface area contributed by atoms with Gasteiger partial charge in [-0.25, -0.2) is 19.6 Å². The van der Waals surface area contributed by atoms with Crippen LogP contribution >= 0.6 is 0 Å². The number of amides is 3. The zero-order valence-electron chi connectivity index (χ0n) is 33.4. The summed E-state index contributed by atoms with van der Waals surface area (Å²) in [7, 11) is 1.30. The molecule has 5 aromatic rings. The second-order valence-electron chi connectivity index (χ2n) is 17.0. The van der Waals surface area contributed by atoms with Gasteiger partial charge in [0.15, 0.2) is 0 Å². The highest BCUT2D eigenvalue weighted by Crippen LogP contribution is 2.44. The summed E-state index contributed by atoms with van der Waals surface area (Å²) in [6.45, 7) is 14.7. The quantitative estimate of drug-likeness (QED) is 0.156. The first kappa shape index (κ1) is 37.3. The molecule has 3 N–H and O–H groups in total. The third-order valence-electron chi connectivity index (χ3n) is 11.4. The maximum atomic E-state index is 13.8.